The smallest absolute Gasteiger partial charge is 0.408 e. The van der Waals surface area contributed by atoms with Crippen molar-refractivity contribution in [3.8, 4) is 0 Å². The number of rotatable bonds is 10. The van der Waals surface area contributed by atoms with Crippen molar-refractivity contribution in [1.82, 2.24) is 15.5 Å². The topological polar surface area (TPSA) is 87.7 Å². The van der Waals surface area contributed by atoms with Crippen molar-refractivity contribution >= 4 is 17.9 Å². The highest BCUT2D eigenvalue weighted by Crippen LogP contribution is 2.26. The van der Waals surface area contributed by atoms with Gasteiger partial charge in [0.1, 0.15) is 17.7 Å². The molecule has 0 aliphatic rings. The molecular formula is C26H43N3O4. The van der Waals surface area contributed by atoms with Crippen molar-refractivity contribution < 1.29 is 19.1 Å². The first-order valence-electron chi connectivity index (χ1n) is 11.9. The number of aryl methyl sites for hydroxylation is 1. The van der Waals surface area contributed by atoms with E-state index in [1.54, 1.807) is 27.8 Å². The highest BCUT2D eigenvalue weighted by atomic mass is 16.6. The van der Waals surface area contributed by atoms with Crippen LogP contribution in [0.4, 0.5) is 4.79 Å². The Balaban J connectivity index is 3.29. The molecule has 7 heteroatoms. The average molecular weight is 462 g/mol. The highest BCUT2D eigenvalue weighted by molar-refractivity contribution is 5.92. The van der Waals surface area contributed by atoms with Crippen LogP contribution < -0.4 is 10.6 Å². The lowest BCUT2D eigenvalue weighted by atomic mass is 9.95. The fourth-order valence-electron chi connectivity index (χ4n) is 3.71. The SMILES string of the molecule is CCCC(C)NC(=O)C(c1ccccc1C)N(C)C(=O)C(NC(=O)OC(C)(C)C)C(C)CC. The van der Waals surface area contributed by atoms with Gasteiger partial charge in [0.05, 0.1) is 0 Å². The maximum atomic E-state index is 13.7. The zero-order valence-corrected chi connectivity index (χ0v) is 21.8. The lowest BCUT2D eigenvalue weighted by molar-refractivity contribution is -0.142. The van der Waals surface area contributed by atoms with Crippen LogP contribution in [-0.2, 0) is 14.3 Å². The maximum Gasteiger partial charge on any atom is 0.408 e. The summed E-state index contributed by atoms with van der Waals surface area (Å²) in [6.45, 7) is 15.1. The van der Waals surface area contributed by atoms with Gasteiger partial charge in [-0.15, -0.1) is 0 Å². The monoisotopic (exact) mass is 461 g/mol. The van der Waals surface area contributed by atoms with E-state index < -0.39 is 23.8 Å². The Kier molecular flexibility index (Phi) is 10.9. The summed E-state index contributed by atoms with van der Waals surface area (Å²) in [4.78, 5) is 41.0. The number of alkyl carbamates (subject to hydrolysis) is 1. The second kappa shape index (κ2) is 12.6. The van der Waals surface area contributed by atoms with Crippen LogP contribution in [-0.4, -0.2) is 47.5 Å². The van der Waals surface area contributed by atoms with Crippen molar-refractivity contribution in [2.24, 2.45) is 5.92 Å². The Hall–Kier alpha value is -2.57. The van der Waals surface area contributed by atoms with Gasteiger partial charge in [-0.25, -0.2) is 4.79 Å². The molecule has 3 amide bonds. The molecule has 0 saturated heterocycles. The van der Waals surface area contributed by atoms with Crippen LogP contribution in [0.25, 0.3) is 0 Å². The summed E-state index contributed by atoms with van der Waals surface area (Å²) in [5.41, 5.74) is 0.994. The zero-order valence-electron chi connectivity index (χ0n) is 21.8. The van der Waals surface area contributed by atoms with E-state index in [1.165, 1.54) is 4.90 Å². The molecule has 0 fully saturated rings. The van der Waals surface area contributed by atoms with E-state index in [2.05, 4.69) is 17.6 Å². The molecule has 7 nitrogen and oxygen atoms in total. The van der Waals surface area contributed by atoms with Crippen LogP contribution in [0.2, 0.25) is 0 Å². The summed E-state index contributed by atoms with van der Waals surface area (Å²) >= 11 is 0. The van der Waals surface area contributed by atoms with Crippen LogP contribution in [0.3, 0.4) is 0 Å². The van der Waals surface area contributed by atoms with Gasteiger partial charge in [-0.05, 0) is 58.1 Å². The molecular weight excluding hydrogens is 418 g/mol. The first-order valence-corrected chi connectivity index (χ1v) is 11.9. The summed E-state index contributed by atoms with van der Waals surface area (Å²) in [6, 6.07) is 5.92. The number of benzene rings is 1. The summed E-state index contributed by atoms with van der Waals surface area (Å²) in [5.74, 6) is -0.713. The van der Waals surface area contributed by atoms with Crippen LogP contribution in [0, 0.1) is 12.8 Å². The Labute approximate surface area is 199 Å². The number of nitrogens with one attached hydrogen (secondary N) is 2. The quantitative estimate of drug-likeness (QED) is 0.527. The molecule has 0 spiro atoms. The number of ether oxygens (including phenoxy) is 1. The summed E-state index contributed by atoms with van der Waals surface area (Å²) in [5, 5.41) is 5.79. The molecule has 0 saturated carbocycles. The van der Waals surface area contributed by atoms with Crippen molar-refractivity contribution in [2.75, 3.05) is 7.05 Å². The maximum absolute atomic E-state index is 13.7. The minimum atomic E-state index is -0.817. The van der Waals surface area contributed by atoms with E-state index in [0.29, 0.717) is 6.42 Å². The van der Waals surface area contributed by atoms with E-state index in [1.807, 2.05) is 52.0 Å². The van der Waals surface area contributed by atoms with Crippen LogP contribution >= 0.6 is 0 Å². The average Bonchev–Trinajstić information content (AvgIpc) is 2.71. The molecule has 0 heterocycles. The van der Waals surface area contributed by atoms with E-state index in [-0.39, 0.29) is 23.8 Å². The minimum Gasteiger partial charge on any atom is -0.444 e. The van der Waals surface area contributed by atoms with Crippen LogP contribution in [0.15, 0.2) is 24.3 Å². The van der Waals surface area contributed by atoms with Crippen molar-refractivity contribution in [3.63, 3.8) is 0 Å². The number of hydrogen-bond donors (Lipinski definition) is 2. The molecule has 1 aromatic rings. The summed E-state index contributed by atoms with van der Waals surface area (Å²) in [7, 11) is 1.62. The zero-order chi connectivity index (χ0) is 25.3. The second-order valence-corrected chi connectivity index (χ2v) is 9.92. The number of hydrogen-bond acceptors (Lipinski definition) is 4. The molecule has 0 radical (unpaired) electrons. The largest absolute Gasteiger partial charge is 0.444 e. The predicted octanol–water partition coefficient (Wildman–Crippen LogP) is 4.74. The van der Waals surface area contributed by atoms with Gasteiger partial charge in [0, 0.05) is 13.1 Å². The van der Waals surface area contributed by atoms with Gasteiger partial charge >= 0.3 is 6.09 Å². The summed E-state index contributed by atoms with van der Waals surface area (Å²) in [6.07, 6.45) is 1.82. The molecule has 2 N–H and O–H groups in total. The van der Waals surface area contributed by atoms with E-state index >= 15 is 0 Å². The molecule has 4 unspecified atom stereocenters. The Bertz CT molecular complexity index is 803. The van der Waals surface area contributed by atoms with Gasteiger partial charge in [0.15, 0.2) is 0 Å². The Morgan fingerprint density at radius 1 is 1.06 bits per heavy atom. The third-order valence-corrected chi connectivity index (χ3v) is 5.73. The van der Waals surface area contributed by atoms with Gasteiger partial charge in [-0.3, -0.25) is 9.59 Å². The standard InChI is InChI=1S/C26H43N3O4/c1-10-14-19(5)27-23(30)22(20-16-13-12-15-18(20)4)29(9)24(31)21(17(3)11-2)28-25(32)33-26(6,7)8/h12-13,15-17,19,21-22H,10-11,14H2,1-9H3,(H,27,30)(H,28,32). The number of amides is 3. The molecule has 0 aliphatic heterocycles. The van der Waals surface area contributed by atoms with Gasteiger partial charge in [0.2, 0.25) is 11.8 Å². The van der Waals surface area contributed by atoms with E-state index in [9.17, 15) is 14.4 Å². The highest BCUT2D eigenvalue weighted by Gasteiger charge is 2.36. The molecule has 0 bridgehead atoms. The van der Waals surface area contributed by atoms with Crippen molar-refractivity contribution in [3.05, 3.63) is 35.4 Å². The third kappa shape index (κ3) is 8.71. The number of likely N-dealkylation sites (N-methyl/N-ethyl adjacent to an activating group) is 1. The number of carbonyl (C=O) groups excluding carboxylic acids is 3. The van der Waals surface area contributed by atoms with Gasteiger partial charge in [-0.1, -0.05) is 57.9 Å². The molecule has 33 heavy (non-hydrogen) atoms. The normalized spacial score (nSPS) is 15.1. The van der Waals surface area contributed by atoms with Gasteiger partial charge in [-0.2, -0.15) is 0 Å². The fraction of sp³-hybridized carbons (Fsp3) is 0.654. The second-order valence-electron chi connectivity index (χ2n) is 9.92. The molecule has 1 rings (SSSR count). The third-order valence-electron chi connectivity index (χ3n) is 5.73. The van der Waals surface area contributed by atoms with E-state index in [0.717, 1.165) is 24.0 Å². The lowest BCUT2D eigenvalue weighted by Gasteiger charge is -2.34. The van der Waals surface area contributed by atoms with Crippen LogP contribution in [0.5, 0.6) is 0 Å². The molecule has 0 aromatic heterocycles. The van der Waals surface area contributed by atoms with Crippen molar-refractivity contribution in [2.45, 2.75) is 98.4 Å². The van der Waals surface area contributed by atoms with Crippen LogP contribution in [0.1, 0.15) is 84.9 Å². The number of carbonyl (C=O) groups is 3. The van der Waals surface area contributed by atoms with E-state index in [4.69, 9.17) is 4.74 Å². The molecule has 0 aliphatic carbocycles. The van der Waals surface area contributed by atoms with Gasteiger partial charge in [0.25, 0.3) is 0 Å². The Morgan fingerprint density at radius 3 is 2.18 bits per heavy atom. The molecule has 186 valence electrons. The minimum absolute atomic E-state index is 0.0113. The van der Waals surface area contributed by atoms with Gasteiger partial charge < -0.3 is 20.3 Å². The summed E-state index contributed by atoms with van der Waals surface area (Å²) < 4.78 is 5.38. The number of nitrogens with zero attached hydrogens (tertiary/aromatic N) is 1. The lowest BCUT2D eigenvalue weighted by Crippen LogP contribution is -2.54. The molecule has 4 atom stereocenters. The first kappa shape index (κ1) is 28.5. The Morgan fingerprint density at radius 2 is 1.67 bits per heavy atom. The molecule has 1 aromatic carbocycles. The first-order chi connectivity index (χ1) is 15.3. The van der Waals surface area contributed by atoms with Crippen molar-refractivity contribution in [1.29, 1.82) is 0 Å². The predicted molar refractivity (Wildman–Crippen MR) is 132 cm³/mol. The fourth-order valence-corrected chi connectivity index (χ4v) is 3.71.